The number of carbonyl (C=O) groups is 2. The van der Waals surface area contributed by atoms with Crippen LogP contribution in [0.25, 0.3) is 0 Å². The first kappa shape index (κ1) is 17.5. The molecule has 0 aliphatic carbocycles. The number of hydrogen-bond donors (Lipinski definition) is 1. The Labute approximate surface area is 133 Å². The first-order chi connectivity index (χ1) is 9.93. The molecule has 1 aromatic carbocycles. The maximum Gasteiger partial charge on any atom is 0.328 e. The van der Waals surface area contributed by atoms with Crippen molar-refractivity contribution in [3.63, 3.8) is 0 Å². The number of esters is 1. The lowest BCUT2D eigenvalue weighted by molar-refractivity contribution is -0.146. The fourth-order valence-electron chi connectivity index (χ4n) is 1.66. The predicted molar refractivity (Wildman–Crippen MR) is 83.0 cm³/mol. The van der Waals surface area contributed by atoms with Gasteiger partial charge in [0.2, 0.25) is 5.91 Å². The molecule has 1 N–H and O–H groups in total. The number of halogens is 1. The normalized spacial score (nSPS) is 11.9. The lowest BCUT2D eigenvalue weighted by Gasteiger charge is -2.19. The molecule has 1 unspecified atom stereocenters. The van der Waals surface area contributed by atoms with Crippen molar-refractivity contribution < 1.29 is 19.1 Å². The van der Waals surface area contributed by atoms with E-state index in [9.17, 15) is 9.59 Å². The number of carbonyl (C=O) groups excluding carboxylic acids is 2. The summed E-state index contributed by atoms with van der Waals surface area (Å²) in [6, 6.07) is 6.72. The third-order valence-corrected chi connectivity index (χ3v) is 3.38. The van der Waals surface area contributed by atoms with E-state index in [0.29, 0.717) is 5.75 Å². The van der Waals surface area contributed by atoms with Gasteiger partial charge < -0.3 is 14.8 Å². The Morgan fingerprint density at radius 2 is 1.86 bits per heavy atom. The van der Waals surface area contributed by atoms with Crippen molar-refractivity contribution in [2.45, 2.75) is 26.3 Å². The summed E-state index contributed by atoms with van der Waals surface area (Å²) in [4.78, 5) is 23.4. The van der Waals surface area contributed by atoms with E-state index < -0.39 is 12.0 Å². The van der Waals surface area contributed by atoms with Crippen LogP contribution in [0.5, 0.6) is 5.75 Å². The van der Waals surface area contributed by atoms with E-state index in [1.54, 1.807) is 0 Å². The summed E-state index contributed by atoms with van der Waals surface area (Å²) in [7, 11) is 1.31. The van der Waals surface area contributed by atoms with Crippen LogP contribution in [-0.2, 0) is 14.3 Å². The monoisotopic (exact) mass is 357 g/mol. The smallest absolute Gasteiger partial charge is 0.328 e. The zero-order valence-corrected chi connectivity index (χ0v) is 14.0. The number of nitrogens with one attached hydrogen (secondary N) is 1. The Kier molecular flexibility index (Phi) is 7.22. The largest absolute Gasteiger partial charge is 0.493 e. The second-order valence-electron chi connectivity index (χ2n) is 4.86. The molecule has 0 saturated carbocycles. The summed E-state index contributed by atoms with van der Waals surface area (Å²) in [5, 5.41) is 2.66. The standard InChI is InChI=1S/C15H20BrNO4/c1-10(2)14(15(19)20-3)17-13(18)8-9-21-12-6-4-11(16)5-7-12/h4-7,10,14H,8-9H2,1-3H3,(H,17,18). The zero-order chi connectivity index (χ0) is 15.8. The van der Waals surface area contributed by atoms with Gasteiger partial charge in [-0.15, -0.1) is 0 Å². The molecule has 1 amide bonds. The van der Waals surface area contributed by atoms with Crippen LogP contribution in [0.2, 0.25) is 0 Å². The average molecular weight is 358 g/mol. The average Bonchev–Trinajstić information content (AvgIpc) is 2.45. The number of rotatable bonds is 7. The molecule has 1 atom stereocenters. The van der Waals surface area contributed by atoms with Crippen LogP contribution in [0.15, 0.2) is 28.7 Å². The zero-order valence-electron chi connectivity index (χ0n) is 12.4. The molecule has 1 rings (SSSR count). The minimum Gasteiger partial charge on any atom is -0.493 e. The predicted octanol–water partition coefficient (Wildman–Crippen LogP) is 2.53. The fourth-order valence-corrected chi connectivity index (χ4v) is 1.93. The number of amides is 1. The molecule has 0 aliphatic heterocycles. The highest BCUT2D eigenvalue weighted by Gasteiger charge is 2.24. The summed E-state index contributed by atoms with van der Waals surface area (Å²) < 4.78 is 11.1. The van der Waals surface area contributed by atoms with Gasteiger partial charge in [0.05, 0.1) is 20.1 Å². The maximum absolute atomic E-state index is 11.8. The third-order valence-electron chi connectivity index (χ3n) is 2.85. The second kappa shape index (κ2) is 8.67. The van der Waals surface area contributed by atoms with Gasteiger partial charge in [-0.1, -0.05) is 29.8 Å². The van der Waals surface area contributed by atoms with Gasteiger partial charge in [-0.05, 0) is 30.2 Å². The summed E-state index contributed by atoms with van der Waals surface area (Å²) in [5.41, 5.74) is 0. The van der Waals surface area contributed by atoms with E-state index in [4.69, 9.17) is 4.74 Å². The first-order valence-corrected chi connectivity index (χ1v) is 7.49. The van der Waals surface area contributed by atoms with Crippen LogP contribution in [-0.4, -0.2) is 31.6 Å². The molecule has 0 saturated heterocycles. The summed E-state index contributed by atoms with van der Waals surface area (Å²) >= 11 is 3.33. The van der Waals surface area contributed by atoms with E-state index in [2.05, 4.69) is 26.0 Å². The Balaban J connectivity index is 2.39. The van der Waals surface area contributed by atoms with Gasteiger partial charge >= 0.3 is 5.97 Å². The van der Waals surface area contributed by atoms with Crippen molar-refractivity contribution in [3.05, 3.63) is 28.7 Å². The van der Waals surface area contributed by atoms with E-state index in [-0.39, 0.29) is 24.9 Å². The quantitative estimate of drug-likeness (QED) is 0.761. The summed E-state index contributed by atoms with van der Waals surface area (Å²) in [6.07, 6.45) is 0.177. The number of hydrogen-bond acceptors (Lipinski definition) is 4. The van der Waals surface area contributed by atoms with Gasteiger partial charge in [0.25, 0.3) is 0 Å². The first-order valence-electron chi connectivity index (χ1n) is 6.69. The van der Waals surface area contributed by atoms with Gasteiger partial charge in [0, 0.05) is 4.47 Å². The van der Waals surface area contributed by atoms with E-state index in [0.717, 1.165) is 4.47 Å². The van der Waals surface area contributed by atoms with E-state index in [1.165, 1.54) is 7.11 Å². The molecule has 0 radical (unpaired) electrons. The molecule has 0 fully saturated rings. The van der Waals surface area contributed by atoms with Crippen molar-refractivity contribution in [1.29, 1.82) is 0 Å². The molecule has 0 spiro atoms. The molecule has 1 aromatic rings. The Bertz CT molecular complexity index is 473. The van der Waals surface area contributed by atoms with Crippen LogP contribution in [0, 0.1) is 5.92 Å². The topological polar surface area (TPSA) is 64.6 Å². The lowest BCUT2D eigenvalue weighted by Crippen LogP contribution is -2.45. The van der Waals surface area contributed by atoms with Gasteiger partial charge in [0.15, 0.2) is 0 Å². The van der Waals surface area contributed by atoms with Crippen molar-refractivity contribution in [1.82, 2.24) is 5.32 Å². The second-order valence-corrected chi connectivity index (χ2v) is 5.78. The highest BCUT2D eigenvalue weighted by molar-refractivity contribution is 9.10. The number of ether oxygens (including phenoxy) is 2. The molecule has 116 valence electrons. The van der Waals surface area contributed by atoms with Crippen LogP contribution >= 0.6 is 15.9 Å². The minimum absolute atomic E-state index is 0.0335. The molecule has 0 aromatic heterocycles. The van der Waals surface area contributed by atoms with Gasteiger partial charge in [-0.3, -0.25) is 4.79 Å². The molecular formula is C15H20BrNO4. The Morgan fingerprint density at radius 1 is 1.24 bits per heavy atom. The van der Waals surface area contributed by atoms with E-state index >= 15 is 0 Å². The van der Waals surface area contributed by atoms with Crippen molar-refractivity contribution >= 4 is 27.8 Å². The van der Waals surface area contributed by atoms with Crippen molar-refractivity contribution in [2.24, 2.45) is 5.92 Å². The molecule has 21 heavy (non-hydrogen) atoms. The van der Waals surface area contributed by atoms with Crippen LogP contribution in [0.1, 0.15) is 20.3 Å². The highest BCUT2D eigenvalue weighted by atomic mass is 79.9. The van der Waals surface area contributed by atoms with Gasteiger partial charge in [-0.25, -0.2) is 4.79 Å². The maximum atomic E-state index is 11.8. The van der Waals surface area contributed by atoms with Crippen LogP contribution in [0.4, 0.5) is 0 Å². The van der Waals surface area contributed by atoms with Gasteiger partial charge in [-0.2, -0.15) is 0 Å². The molecule has 5 nitrogen and oxygen atoms in total. The molecule has 0 bridgehead atoms. The highest BCUT2D eigenvalue weighted by Crippen LogP contribution is 2.16. The molecule has 0 heterocycles. The Hall–Kier alpha value is -1.56. The van der Waals surface area contributed by atoms with E-state index in [1.807, 2.05) is 38.1 Å². The Morgan fingerprint density at radius 3 is 2.38 bits per heavy atom. The SMILES string of the molecule is COC(=O)C(NC(=O)CCOc1ccc(Br)cc1)C(C)C. The fraction of sp³-hybridized carbons (Fsp3) is 0.467. The lowest BCUT2D eigenvalue weighted by atomic mass is 10.0. The summed E-state index contributed by atoms with van der Waals surface area (Å²) in [5.74, 6) is -0.0171. The summed E-state index contributed by atoms with van der Waals surface area (Å²) in [6.45, 7) is 3.94. The molecule has 6 heteroatoms. The van der Waals surface area contributed by atoms with Crippen molar-refractivity contribution in [3.8, 4) is 5.75 Å². The molecular weight excluding hydrogens is 338 g/mol. The molecule has 0 aliphatic rings. The van der Waals surface area contributed by atoms with Crippen molar-refractivity contribution in [2.75, 3.05) is 13.7 Å². The van der Waals surface area contributed by atoms with Crippen LogP contribution in [0.3, 0.4) is 0 Å². The van der Waals surface area contributed by atoms with Gasteiger partial charge in [0.1, 0.15) is 11.8 Å². The minimum atomic E-state index is -0.629. The third kappa shape index (κ3) is 6.16. The number of benzene rings is 1. The number of methoxy groups -OCH3 is 1. The van der Waals surface area contributed by atoms with Crippen LogP contribution < -0.4 is 10.1 Å².